The van der Waals surface area contributed by atoms with E-state index in [9.17, 15) is 4.79 Å². The first-order valence-corrected chi connectivity index (χ1v) is 10.3. The lowest BCUT2D eigenvalue weighted by atomic mass is 9.87. The summed E-state index contributed by atoms with van der Waals surface area (Å²) >= 11 is 1.72. The average molecular weight is 367 g/mol. The highest BCUT2D eigenvalue weighted by Crippen LogP contribution is 2.33. The molecule has 4 rings (SSSR count). The molecule has 1 aliphatic rings. The highest BCUT2D eigenvalue weighted by atomic mass is 32.1. The zero-order valence-corrected chi connectivity index (χ0v) is 16.9. The van der Waals surface area contributed by atoms with Gasteiger partial charge in [0.15, 0.2) is 0 Å². The fourth-order valence-electron chi connectivity index (χ4n) is 3.82. The first-order chi connectivity index (χ1) is 12.3. The largest absolute Gasteiger partial charge is 0.292 e. The van der Waals surface area contributed by atoms with Crippen molar-refractivity contribution in [1.82, 2.24) is 9.55 Å². The molecule has 3 nitrogen and oxygen atoms in total. The molecule has 0 unspecified atom stereocenters. The van der Waals surface area contributed by atoms with Gasteiger partial charge in [0.2, 0.25) is 0 Å². The fourth-order valence-corrected chi connectivity index (χ4v) is 5.12. The second-order valence-corrected chi connectivity index (χ2v) is 9.47. The molecule has 2 heterocycles. The third kappa shape index (κ3) is 3.01. The van der Waals surface area contributed by atoms with E-state index in [1.165, 1.54) is 28.8 Å². The predicted octanol–water partition coefficient (Wildman–Crippen LogP) is 4.99. The van der Waals surface area contributed by atoms with Gasteiger partial charge in [0, 0.05) is 4.88 Å². The quantitative estimate of drug-likeness (QED) is 0.640. The lowest BCUT2D eigenvalue weighted by molar-refractivity contribution is 0.589. The van der Waals surface area contributed by atoms with E-state index in [2.05, 4.69) is 45.0 Å². The molecule has 0 saturated carbocycles. The van der Waals surface area contributed by atoms with Gasteiger partial charge in [0.1, 0.15) is 10.7 Å². The number of aryl methyl sites for hydroxylation is 3. The summed E-state index contributed by atoms with van der Waals surface area (Å²) in [6, 6.07) is 8.63. The van der Waals surface area contributed by atoms with Crippen LogP contribution in [0.5, 0.6) is 0 Å². The number of hydrogen-bond acceptors (Lipinski definition) is 3. The summed E-state index contributed by atoms with van der Waals surface area (Å²) in [6.07, 6.45) is 4.53. The van der Waals surface area contributed by atoms with E-state index in [-0.39, 0.29) is 11.0 Å². The van der Waals surface area contributed by atoms with Crippen molar-refractivity contribution in [2.75, 3.05) is 0 Å². The van der Waals surface area contributed by atoms with Crippen LogP contribution < -0.4 is 5.56 Å². The molecular formula is C22H26N2OS. The molecule has 0 atom stereocenters. The van der Waals surface area contributed by atoms with Crippen LogP contribution in [-0.4, -0.2) is 9.55 Å². The molecule has 136 valence electrons. The third-order valence-corrected chi connectivity index (χ3v) is 6.61. The number of nitrogens with zero attached hydrogens (tertiary/aromatic N) is 2. The SMILES string of the molecule is Cc1nc2sc3c(c2c(=O)n1Cc1ccc(C(C)(C)C)cc1)CCCC3. The van der Waals surface area contributed by atoms with E-state index in [4.69, 9.17) is 4.98 Å². The maximum Gasteiger partial charge on any atom is 0.262 e. The smallest absolute Gasteiger partial charge is 0.262 e. The van der Waals surface area contributed by atoms with Crippen molar-refractivity contribution in [3.8, 4) is 0 Å². The number of aromatic nitrogens is 2. The summed E-state index contributed by atoms with van der Waals surface area (Å²) in [5, 5.41) is 0.876. The highest BCUT2D eigenvalue weighted by Gasteiger charge is 2.21. The van der Waals surface area contributed by atoms with Gasteiger partial charge in [-0.3, -0.25) is 9.36 Å². The minimum absolute atomic E-state index is 0.131. The molecule has 2 aromatic heterocycles. The van der Waals surface area contributed by atoms with Gasteiger partial charge in [-0.05, 0) is 54.7 Å². The molecule has 1 aliphatic carbocycles. The average Bonchev–Trinajstić information content (AvgIpc) is 2.96. The monoisotopic (exact) mass is 366 g/mol. The first kappa shape index (κ1) is 17.5. The molecule has 0 saturated heterocycles. The maximum absolute atomic E-state index is 13.2. The van der Waals surface area contributed by atoms with Crippen molar-refractivity contribution in [3.05, 3.63) is 62.0 Å². The van der Waals surface area contributed by atoms with Crippen LogP contribution in [-0.2, 0) is 24.8 Å². The summed E-state index contributed by atoms with van der Waals surface area (Å²) in [4.78, 5) is 20.3. The predicted molar refractivity (Wildman–Crippen MR) is 110 cm³/mol. The lowest BCUT2D eigenvalue weighted by Gasteiger charge is -2.19. The van der Waals surface area contributed by atoms with Crippen molar-refractivity contribution >= 4 is 21.6 Å². The standard InChI is InChI=1S/C22H26N2OS/c1-14-23-20-19(17-7-5-6-8-18(17)26-20)21(25)24(14)13-15-9-11-16(12-10-15)22(2,3)4/h9-12H,5-8,13H2,1-4H3. The van der Waals surface area contributed by atoms with Crippen LogP contribution in [0.4, 0.5) is 0 Å². The Morgan fingerprint density at radius 3 is 2.50 bits per heavy atom. The second kappa shape index (κ2) is 6.34. The van der Waals surface area contributed by atoms with Gasteiger partial charge in [0.25, 0.3) is 5.56 Å². The minimum atomic E-state index is 0.131. The van der Waals surface area contributed by atoms with E-state index < -0.39 is 0 Å². The summed E-state index contributed by atoms with van der Waals surface area (Å²) in [5.74, 6) is 0.806. The zero-order valence-electron chi connectivity index (χ0n) is 16.1. The summed E-state index contributed by atoms with van der Waals surface area (Å²) in [5.41, 5.74) is 4.00. The number of rotatable bonds is 2. The molecule has 0 radical (unpaired) electrons. The molecule has 4 heteroatoms. The van der Waals surface area contributed by atoms with Crippen LogP contribution in [0.2, 0.25) is 0 Å². The number of thiophene rings is 1. The third-order valence-electron chi connectivity index (χ3n) is 5.43. The van der Waals surface area contributed by atoms with Crippen LogP contribution in [0.3, 0.4) is 0 Å². The topological polar surface area (TPSA) is 34.9 Å². The molecule has 3 aromatic rings. The van der Waals surface area contributed by atoms with E-state index in [1.807, 2.05) is 11.5 Å². The molecule has 0 spiro atoms. The molecular weight excluding hydrogens is 340 g/mol. The van der Waals surface area contributed by atoms with E-state index in [1.54, 1.807) is 11.3 Å². The van der Waals surface area contributed by atoms with Crippen LogP contribution in [0.1, 0.15) is 61.0 Å². The van der Waals surface area contributed by atoms with Crippen LogP contribution in [0, 0.1) is 6.92 Å². The molecule has 0 N–H and O–H groups in total. The van der Waals surface area contributed by atoms with E-state index in [0.29, 0.717) is 6.54 Å². The van der Waals surface area contributed by atoms with Crippen molar-refractivity contribution in [1.29, 1.82) is 0 Å². The number of benzene rings is 1. The van der Waals surface area contributed by atoms with Gasteiger partial charge in [-0.15, -0.1) is 11.3 Å². The van der Waals surface area contributed by atoms with Gasteiger partial charge in [-0.2, -0.15) is 0 Å². The highest BCUT2D eigenvalue weighted by molar-refractivity contribution is 7.18. The van der Waals surface area contributed by atoms with E-state index in [0.717, 1.165) is 34.4 Å². The molecule has 0 bridgehead atoms. The van der Waals surface area contributed by atoms with Crippen molar-refractivity contribution in [2.24, 2.45) is 0 Å². The van der Waals surface area contributed by atoms with Crippen molar-refractivity contribution in [3.63, 3.8) is 0 Å². The maximum atomic E-state index is 13.2. The minimum Gasteiger partial charge on any atom is -0.292 e. The van der Waals surface area contributed by atoms with Gasteiger partial charge in [-0.1, -0.05) is 45.0 Å². The Hall–Kier alpha value is -1.94. The van der Waals surface area contributed by atoms with Crippen molar-refractivity contribution < 1.29 is 0 Å². The van der Waals surface area contributed by atoms with Crippen LogP contribution >= 0.6 is 11.3 Å². The van der Waals surface area contributed by atoms with Gasteiger partial charge < -0.3 is 0 Å². The molecule has 0 aliphatic heterocycles. The summed E-state index contributed by atoms with van der Waals surface area (Å²) in [6.45, 7) is 9.18. The Kier molecular flexibility index (Phi) is 4.26. The summed E-state index contributed by atoms with van der Waals surface area (Å²) < 4.78 is 1.84. The Balaban J connectivity index is 1.76. The number of hydrogen-bond donors (Lipinski definition) is 0. The molecule has 26 heavy (non-hydrogen) atoms. The Morgan fingerprint density at radius 1 is 1.12 bits per heavy atom. The van der Waals surface area contributed by atoms with Gasteiger partial charge >= 0.3 is 0 Å². The Morgan fingerprint density at radius 2 is 1.81 bits per heavy atom. The van der Waals surface area contributed by atoms with E-state index >= 15 is 0 Å². The second-order valence-electron chi connectivity index (χ2n) is 8.39. The van der Waals surface area contributed by atoms with Crippen molar-refractivity contribution in [2.45, 2.75) is 65.3 Å². The van der Waals surface area contributed by atoms with Gasteiger partial charge in [-0.25, -0.2) is 4.98 Å². The fraction of sp³-hybridized carbons (Fsp3) is 0.455. The van der Waals surface area contributed by atoms with Crippen LogP contribution in [0.15, 0.2) is 29.1 Å². The Bertz CT molecular complexity index is 1020. The summed E-state index contributed by atoms with van der Waals surface area (Å²) in [7, 11) is 0. The normalized spacial score (nSPS) is 14.6. The number of fused-ring (bicyclic) bond motifs is 3. The Labute approximate surface area is 158 Å². The van der Waals surface area contributed by atoms with Gasteiger partial charge in [0.05, 0.1) is 11.9 Å². The molecule has 0 fully saturated rings. The van der Waals surface area contributed by atoms with Crippen LogP contribution in [0.25, 0.3) is 10.2 Å². The first-order valence-electron chi connectivity index (χ1n) is 9.46. The molecule has 0 amide bonds. The lowest BCUT2D eigenvalue weighted by Crippen LogP contribution is -2.25. The zero-order chi connectivity index (χ0) is 18.5. The molecule has 1 aromatic carbocycles.